The normalized spacial score (nSPS) is 10.8. The molecule has 0 amide bonds. The highest BCUT2D eigenvalue weighted by atomic mass is 32.1. The zero-order valence-corrected chi connectivity index (χ0v) is 12.3. The van der Waals surface area contributed by atoms with Crippen LogP contribution in [0.25, 0.3) is 10.6 Å². The third-order valence-corrected chi connectivity index (χ3v) is 3.99. The summed E-state index contributed by atoms with van der Waals surface area (Å²) in [7, 11) is 1.71. The van der Waals surface area contributed by atoms with Gasteiger partial charge in [-0.2, -0.15) is 0 Å². The highest BCUT2D eigenvalue weighted by Gasteiger charge is 2.04. The van der Waals surface area contributed by atoms with Crippen LogP contribution in [-0.4, -0.2) is 25.2 Å². The molecule has 0 bridgehead atoms. The van der Waals surface area contributed by atoms with Crippen molar-refractivity contribution in [3.05, 3.63) is 40.9 Å². The van der Waals surface area contributed by atoms with Crippen molar-refractivity contribution in [1.29, 1.82) is 0 Å². The summed E-state index contributed by atoms with van der Waals surface area (Å²) in [6.45, 7) is 4.63. The van der Waals surface area contributed by atoms with Crippen LogP contribution in [0.15, 0.2) is 30.5 Å². The number of aryl methyl sites for hydroxylation is 1. The maximum atomic E-state index is 5.00. The fourth-order valence-corrected chi connectivity index (χ4v) is 2.68. The van der Waals surface area contributed by atoms with Gasteiger partial charge in [-0.1, -0.05) is 31.2 Å². The number of methoxy groups -OCH3 is 1. The van der Waals surface area contributed by atoms with Gasteiger partial charge in [-0.25, -0.2) is 4.98 Å². The van der Waals surface area contributed by atoms with E-state index in [2.05, 4.69) is 41.5 Å². The summed E-state index contributed by atoms with van der Waals surface area (Å²) in [4.78, 5) is 5.74. The number of ether oxygens (including phenoxy) is 1. The van der Waals surface area contributed by atoms with Crippen molar-refractivity contribution in [2.45, 2.75) is 19.9 Å². The molecule has 0 fully saturated rings. The fraction of sp³-hybridized carbons (Fsp3) is 0.400. The van der Waals surface area contributed by atoms with Gasteiger partial charge in [-0.3, -0.25) is 0 Å². The lowest BCUT2D eigenvalue weighted by atomic mass is 10.1. The number of hydrogen-bond acceptors (Lipinski definition) is 4. The van der Waals surface area contributed by atoms with E-state index >= 15 is 0 Å². The molecule has 0 unspecified atom stereocenters. The Bertz CT molecular complexity index is 493. The zero-order chi connectivity index (χ0) is 13.5. The standard InChI is InChI=1S/C15H20N2OS/c1-3-12-4-6-13(7-5-12)15-17-11-14(19-15)10-16-8-9-18-2/h4-7,11,16H,3,8-10H2,1-2H3. The zero-order valence-electron chi connectivity index (χ0n) is 11.5. The smallest absolute Gasteiger partial charge is 0.123 e. The summed E-state index contributed by atoms with van der Waals surface area (Å²) in [5.41, 5.74) is 2.56. The minimum Gasteiger partial charge on any atom is -0.383 e. The third kappa shape index (κ3) is 4.13. The Labute approximate surface area is 118 Å². The first kappa shape index (κ1) is 14.2. The molecule has 0 saturated heterocycles. The summed E-state index contributed by atoms with van der Waals surface area (Å²) in [5.74, 6) is 0. The number of nitrogens with one attached hydrogen (secondary N) is 1. The van der Waals surface area contributed by atoms with E-state index in [9.17, 15) is 0 Å². The largest absolute Gasteiger partial charge is 0.383 e. The topological polar surface area (TPSA) is 34.2 Å². The second-order valence-corrected chi connectivity index (χ2v) is 5.47. The summed E-state index contributed by atoms with van der Waals surface area (Å²) < 4.78 is 5.00. The second-order valence-electron chi connectivity index (χ2n) is 4.35. The number of hydrogen-bond donors (Lipinski definition) is 1. The van der Waals surface area contributed by atoms with Crippen LogP contribution in [0.4, 0.5) is 0 Å². The van der Waals surface area contributed by atoms with Crippen LogP contribution in [0.3, 0.4) is 0 Å². The highest BCUT2D eigenvalue weighted by Crippen LogP contribution is 2.25. The molecule has 4 heteroatoms. The Morgan fingerprint density at radius 3 is 2.74 bits per heavy atom. The molecule has 1 aromatic heterocycles. The number of nitrogens with zero attached hydrogens (tertiary/aromatic N) is 1. The van der Waals surface area contributed by atoms with Crippen molar-refractivity contribution in [2.75, 3.05) is 20.3 Å². The van der Waals surface area contributed by atoms with Crippen LogP contribution < -0.4 is 5.32 Å². The summed E-state index contributed by atoms with van der Waals surface area (Å²) in [6.07, 6.45) is 3.03. The van der Waals surface area contributed by atoms with Crippen molar-refractivity contribution in [3.8, 4) is 10.6 Å². The molecule has 2 rings (SSSR count). The summed E-state index contributed by atoms with van der Waals surface area (Å²) >= 11 is 1.74. The van der Waals surface area contributed by atoms with Gasteiger partial charge in [0.1, 0.15) is 5.01 Å². The van der Waals surface area contributed by atoms with Gasteiger partial charge < -0.3 is 10.1 Å². The van der Waals surface area contributed by atoms with Crippen molar-refractivity contribution in [1.82, 2.24) is 10.3 Å². The number of thiazole rings is 1. The SMILES string of the molecule is CCc1ccc(-c2ncc(CNCCOC)s2)cc1. The Morgan fingerprint density at radius 1 is 1.26 bits per heavy atom. The molecule has 0 aliphatic rings. The molecular weight excluding hydrogens is 256 g/mol. The van der Waals surface area contributed by atoms with Gasteiger partial charge in [-0.15, -0.1) is 11.3 Å². The first-order valence-corrected chi connectivity index (χ1v) is 7.38. The highest BCUT2D eigenvalue weighted by molar-refractivity contribution is 7.15. The molecule has 0 atom stereocenters. The van der Waals surface area contributed by atoms with Crippen molar-refractivity contribution in [2.24, 2.45) is 0 Å². The minimum atomic E-state index is 0.740. The van der Waals surface area contributed by atoms with Crippen molar-refractivity contribution < 1.29 is 4.74 Å². The summed E-state index contributed by atoms with van der Waals surface area (Å²) in [6, 6.07) is 8.65. The van der Waals surface area contributed by atoms with Gasteiger partial charge in [0.2, 0.25) is 0 Å². The monoisotopic (exact) mass is 276 g/mol. The van der Waals surface area contributed by atoms with Crippen molar-refractivity contribution >= 4 is 11.3 Å². The lowest BCUT2D eigenvalue weighted by Crippen LogP contribution is -2.17. The second kappa shape index (κ2) is 7.38. The quantitative estimate of drug-likeness (QED) is 0.789. The van der Waals surface area contributed by atoms with Gasteiger partial charge in [0.05, 0.1) is 6.61 Å². The van der Waals surface area contributed by atoms with Crippen LogP contribution in [0.2, 0.25) is 0 Å². The first-order valence-electron chi connectivity index (χ1n) is 6.57. The van der Waals surface area contributed by atoms with E-state index in [1.165, 1.54) is 16.0 Å². The van der Waals surface area contributed by atoms with E-state index in [4.69, 9.17) is 4.74 Å². The fourth-order valence-electron chi connectivity index (χ4n) is 1.79. The van der Waals surface area contributed by atoms with E-state index in [-0.39, 0.29) is 0 Å². The predicted octanol–water partition coefficient (Wildman–Crippen LogP) is 3.11. The van der Waals surface area contributed by atoms with Crippen LogP contribution in [0, 0.1) is 0 Å². The third-order valence-electron chi connectivity index (χ3n) is 2.94. The summed E-state index contributed by atoms with van der Waals surface area (Å²) in [5, 5.41) is 4.42. The predicted molar refractivity (Wildman–Crippen MR) is 80.5 cm³/mol. The number of benzene rings is 1. The van der Waals surface area contributed by atoms with Gasteiger partial charge in [-0.05, 0) is 12.0 Å². The molecule has 1 aromatic carbocycles. The molecule has 1 heterocycles. The lowest BCUT2D eigenvalue weighted by molar-refractivity contribution is 0.199. The Morgan fingerprint density at radius 2 is 2.05 bits per heavy atom. The van der Waals surface area contributed by atoms with Crippen LogP contribution >= 0.6 is 11.3 Å². The van der Waals surface area contributed by atoms with Crippen LogP contribution in [0.1, 0.15) is 17.4 Å². The van der Waals surface area contributed by atoms with E-state index in [0.29, 0.717) is 0 Å². The van der Waals surface area contributed by atoms with Gasteiger partial charge in [0, 0.05) is 36.8 Å². The molecular formula is C15H20N2OS. The van der Waals surface area contributed by atoms with Gasteiger partial charge in [0.25, 0.3) is 0 Å². The van der Waals surface area contributed by atoms with Crippen LogP contribution in [-0.2, 0) is 17.7 Å². The molecule has 0 radical (unpaired) electrons. The molecule has 1 N–H and O–H groups in total. The molecule has 19 heavy (non-hydrogen) atoms. The molecule has 2 aromatic rings. The molecule has 0 spiro atoms. The van der Waals surface area contributed by atoms with E-state index in [0.717, 1.165) is 31.1 Å². The number of aromatic nitrogens is 1. The average molecular weight is 276 g/mol. The Balaban J connectivity index is 1.95. The van der Waals surface area contributed by atoms with Gasteiger partial charge >= 0.3 is 0 Å². The maximum Gasteiger partial charge on any atom is 0.123 e. The molecule has 0 saturated carbocycles. The molecule has 102 valence electrons. The van der Waals surface area contributed by atoms with Crippen LogP contribution in [0.5, 0.6) is 0 Å². The van der Waals surface area contributed by atoms with E-state index < -0.39 is 0 Å². The number of rotatable bonds is 7. The molecule has 0 aliphatic heterocycles. The Kier molecular flexibility index (Phi) is 5.51. The molecule has 3 nitrogen and oxygen atoms in total. The van der Waals surface area contributed by atoms with E-state index in [1.54, 1.807) is 18.4 Å². The minimum absolute atomic E-state index is 0.740. The van der Waals surface area contributed by atoms with Crippen molar-refractivity contribution in [3.63, 3.8) is 0 Å². The van der Waals surface area contributed by atoms with Gasteiger partial charge in [0.15, 0.2) is 0 Å². The molecule has 0 aliphatic carbocycles. The lowest BCUT2D eigenvalue weighted by Gasteiger charge is -2.00. The Hall–Kier alpha value is -1.23. The maximum absolute atomic E-state index is 5.00. The first-order chi connectivity index (χ1) is 9.33. The van der Waals surface area contributed by atoms with E-state index in [1.807, 2.05) is 6.20 Å². The average Bonchev–Trinajstić information content (AvgIpc) is 2.92.